The van der Waals surface area contributed by atoms with E-state index in [4.69, 9.17) is 61.6 Å². The minimum atomic E-state index is -1.02. The van der Waals surface area contributed by atoms with Gasteiger partial charge in [-0.15, -0.1) is 0 Å². The van der Waals surface area contributed by atoms with E-state index in [0.717, 1.165) is 12.8 Å². The van der Waals surface area contributed by atoms with E-state index in [9.17, 15) is 20.4 Å². The minimum absolute atomic E-state index is 0.0202. The summed E-state index contributed by atoms with van der Waals surface area (Å²) in [4.78, 5) is 0. The smallest absolute Gasteiger partial charge is 0.174 e. The Bertz CT molecular complexity index is 2120. The second kappa shape index (κ2) is 20.4. The third-order valence-electron chi connectivity index (χ3n) is 20.1. The lowest BCUT2D eigenvalue weighted by Gasteiger charge is -2.53. The average molecular weight is 1040 g/mol. The fourth-order valence-electron chi connectivity index (χ4n) is 15.6. The van der Waals surface area contributed by atoms with Gasteiger partial charge in [0.25, 0.3) is 0 Å². The van der Waals surface area contributed by atoms with Crippen molar-refractivity contribution in [3.8, 4) is 0 Å². The Kier molecular flexibility index (Phi) is 14.3. The van der Waals surface area contributed by atoms with Crippen LogP contribution in [0.4, 0.5) is 0 Å². The maximum atomic E-state index is 12.4. The SMILES string of the molecule is C[C@@H]1C[C@@H]2O[C@@H]3[C@@H](C)[C@H](O)[C@@H]4O[C@]5(C[C@H](O)CO5)[C@@H](C)[C@H](C)[C@H]4O[C@H]3C[C@H]2O[C@H]2C[C@H]3O[C@H]4CC=CC[C@H]5O[C@H]6C=C[C@H]7O[C@H]8[C@H](O)[C@H]9OCC=CC[C@@H]9O[C@@H]8C[C@@H]7O[C@@H]6CC=C[C@@H]5O[C@@H]4C[C@@H](O)[C@]3(C)O[C@@H]2C1. The van der Waals surface area contributed by atoms with Crippen LogP contribution in [0.3, 0.4) is 0 Å². The van der Waals surface area contributed by atoms with Crippen LogP contribution >= 0.6 is 0 Å². The van der Waals surface area contributed by atoms with Crippen molar-refractivity contribution in [2.75, 3.05) is 13.2 Å². The number of ether oxygens (including phenoxy) is 13. The topological polar surface area (TPSA) is 201 Å². The van der Waals surface area contributed by atoms with Crippen molar-refractivity contribution in [1.29, 1.82) is 0 Å². The molecule has 31 atom stereocenters. The van der Waals surface area contributed by atoms with Gasteiger partial charge in [0.1, 0.15) is 48.3 Å². The van der Waals surface area contributed by atoms with Crippen molar-refractivity contribution in [2.24, 2.45) is 23.7 Å². The zero-order chi connectivity index (χ0) is 50.8. The molecular formula is C57H82O17. The first kappa shape index (κ1) is 51.7. The third kappa shape index (κ3) is 9.22. The molecule has 0 unspecified atom stereocenters. The molecule has 13 rings (SSSR count). The number of hydrogen-bond acceptors (Lipinski definition) is 17. The molecule has 9 fully saturated rings. The first-order chi connectivity index (χ1) is 35.7. The molecule has 74 heavy (non-hydrogen) atoms. The van der Waals surface area contributed by atoms with E-state index >= 15 is 0 Å². The Morgan fingerprint density at radius 3 is 1.89 bits per heavy atom. The van der Waals surface area contributed by atoms with Crippen LogP contribution in [0.25, 0.3) is 0 Å². The van der Waals surface area contributed by atoms with Crippen LogP contribution in [-0.4, -0.2) is 198 Å². The molecule has 9 saturated heterocycles. The Balaban J connectivity index is 0.693. The van der Waals surface area contributed by atoms with E-state index in [0.29, 0.717) is 64.4 Å². The second-order valence-electron chi connectivity index (χ2n) is 24.8. The summed E-state index contributed by atoms with van der Waals surface area (Å²) in [6.45, 7) is 11.2. The number of rotatable bonds is 0. The summed E-state index contributed by atoms with van der Waals surface area (Å²) < 4.78 is 88.7. The largest absolute Gasteiger partial charge is 0.391 e. The monoisotopic (exact) mass is 1040 g/mol. The van der Waals surface area contributed by atoms with Crippen molar-refractivity contribution in [2.45, 2.75) is 269 Å². The van der Waals surface area contributed by atoms with Gasteiger partial charge in [0, 0.05) is 43.9 Å². The van der Waals surface area contributed by atoms with Crippen LogP contribution in [0, 0.1) is 23.7 Å². The van der Waals surface area contributed by atoms with Crippen molar-refractivity contribution in [3.05, 3.63) is 48.6 Å². The van der Waals surface area contributed by atoms with Gasteiger partial charge in [-0.3, -0.25) is 0 Å². The molecule has 0 bridgehead atoms. The molecule has 0 radical (unpaired) electrons. The van der Waals surface area contributed by atoms with Crippen LogP contribution in [0.15, 0.2) is 48.6 Å². The molecule has 1 spiro atoms. The molecule has 0 aromatic heterocycles. The van der Waals surface area contributed by atoms with Gasteiger partial charge in [-0.1, -0.05) is 76.3 Å². The molecule has 17 heteroatoms. The van der Waals surface area contributed by atoms with E-state index in [1.807, 2.05) is 26.0 Å². The summed E-state index contributed by atoms with van der Waals surface area (Å²) in [5, 5.41) is 46.4. The maximum absolute atomic E-state index is 12.4. The number of fused-ring (bicyclic) bond motifs is 11. The Labute approximate surface area is 435 Å². The van der Waals surface area contributed by atoms with Crippen molar-refractivity contribution in [1.82, 2.24) is 0 Å². The molecule has 13 aliphatic rings. The van der Waals surface area contributed by atoms with Crippen LogP contribution < -0.4 is 0 Å². The summed E-state index contributed by atoms with van der Waals surface area (Å²) in [6, 6.07) is 0. The predicted molar refractivity (Wildman–Crippen MR) is 263 cm³/mol. The third-order valence-corrected chi connectivity index (χ3v) is 20.1. The van der Waals surface area contributed by atoms with Crippen molar-refractivity contribution < 1.29 is 82.0 Å². The van der Waals surface area contributed by atoms with Gasteiger partial charge in [0.05, 0.1) is 123 Å². The van der Waals surface area contributed by atoms with Gasteiger partial charge < -0.3 is 82.0 Å². The first-order valence-corrected chi connectivity index (χ1v) is 28.6. The molecule has 0 amide bonds. The molecule has 4 N–H and O–H groups in total. The summed E-state index contributed by atoms with van der Waals surface area (Å²) >= 11 is 0. The molecule has 0 aromatic rings. The molecular weight excluding hydrogens is 957 g/mol. The van der Waals surface area contributed by atoms with Gasteiger partial charge in [-0.25, -0.2) is 0 Å². The maximum Gasteiger partial charge on any atom is 0.174 e. The highest BCUT2D eigenvalue weighted by atomic mass is 16.7. The second-order valence-corrected chi connectivity index (χ2v) is 24.8. The van der Waals surface area contributed by atoms with Crippen LogP contribution in [-0.2, 0) is 61.6 Å². The Morgan fingerprint density at radius 1 is 0.446 bits per heavy atom. The Morgan fingerprint density at radius 2 is 1.07 bits per heavy atom. The quantitative estimate of drug-likeness (QED) is 0.253. The first-order valence-electron chi connectivity index (χ1n) is 28.6. The van der Waals surface area contributed by atoms with Gasteiger partial charge in [0.2, 0.25) is 0 Å². The predicted octanol–water partition coefficient (Wildman–Crippen LogP) is 4.08. The summed E-state index contributed by atoms with van der Waals surface area (Å²) in [7, 11) is 0. The van der Waals surface area contributed by atoms with Crippen LogP contribution in [0.2, 0.25) is 0 Å². The van der Waals surface area contributed by atoms with E-state index in [-0.39, 0.29) is 116 Å². The van der Waals surface area contributed by atoms with Crippen LogP contribution in [0.1, 0.15) is 105 Å². The summed E-state index contributed by atoms with van der Waals surface area (Å²) in [5.41, 5.74) is -1.02. The lowest BCUT2D eigenvalue weighted by molar-refractivity contribution is -0.339. The van der Waals surface area contributed by atoms with Gasteiger partial charge in [-0.2, -0.15) is 0 Å². The zero-order valence-corrected chi connectivity index (χ0v) is 43.7. The zero-order valence-electron chi connectivity index (χ0n) is 43.7. The van der Waals surface area contributed by atoms with Gasteiger partial charge in [0.15, 0.2) is 5.79 Å². The highest BCUT2D eigenvalue weighted by molar-refractivity contribution is 5.15. The molecule has 412 valence electrons. The minimum Gasteiger partial charge on any atom is -0.391 e. The average Bonchev–Trinajstić information content (AvgIpc) is 3.44. The lowest BCUT2D eigenvalue weighted by Crippen LogP contribution is -2.63. The van der Waals surface area contributed by atoms with E-state index in [2.05, 4.69) is 57.2 Å². The lowest BCUT2D eigenvalue weighted by atomic mass is 9.75. The highest BCUT2D eigenvalue weighted by Gasteiger charge is 2.63. The molecule has 17 nitrogen and oxygen atoms in total. The summed E-state index contributed by atoms with van der Waals surface area (Å²) in [6.07, 6.45) is 12.1. The molecule has 13 aliphatic heterocycles. The van der Waals surface area contributed by atoms with E-state index in [1.165, 1.54) is 0 Å². The van der Waals surface area contributed by atoms with Gasteiger partial charge >= 0.3 is 0 Å². The number of aliphatic hydroxyl groups is 4. The molecule has 0 aromatic carbocycles. The molecule has 0 aliphatic carbocycles. The molecule has 0 saturated carbocycles. The number of hydrogen-bond donors (Lipinski definition) is 4. The standard InChI is InChI=1S/C57H82O17/c1-27-19-39-41(22-45-51(71-39)29(3)49(60)55-52(72-45)28(2)30(4)57(74-55)25-31(58)26-63-57)68-43-24-48-56(5,73-44(43)20-27)47(59)23-42-35(69-48)12-7-6-11-32-33(66-42)14-10-15-34-36(64-32)16-17-37-40(65-34)21-46-54(70-37)50(61)53-38(67-46)13-8-9-18-62-53/h6-10,14,16-17,27-55,58-61H,11-13,15,18-26H2,1-5H3/t27-,28+,29+,30+,31+,32-,33+,34-,35+,36+,37-,38+,39+,40+,41-,42-,43+,44-,45+,46-,47-,48-,49+,50-,51-,52-,53+,54-,55+,56+,57-/m1/s1. The molecule has 13 heterocycles. The van der Waals surface area contributed by atoms with E-state index < -0.39 is 78.5 Å². The number of aliphatic hydroxyl groups excluding tert-OH is 4. The fraction of sp³-hybridized carbons (Fsp3) is 0.860. The van der Waals surface area contributed by atoms with E-state index in [1.54, 1.807) is 0 Å². The normalized spacial score (nSPS) is 58.0. The van der Waals surface area contributed by atoms with Gasteiger partial charge in [-0.05, 0) is 57.3 Å². The highest BCUT2D eigenvalue weighted by Crippen LogP contribution is 2.52. The fourth-order valence-corrected chi connectivity index (χ4v) is 15.6. The Hall–Kier alpha value is -1.72. The van der Waals surface area contributed by atoms with Crippen molar-refractivity contribution >= 4 is 0 Å². The van der Waals surface area contributed by atoms with Crippen molar-refractivity contribution in [3.63, 3.8) is 0 Å². The summed E-state index contributed by atoms with van der Waals surface area (Å²) in [5.74, 6) is -1.13. The van der Waals surface area contributed by atoms with Crippen LogP contribution in [0.5, 0.6) is 0 Å².